The van der Waals surface area contributed by atoms with Crippen molar-refractivity contribution in [3.8, 4) is 0 Å². The summed E-state index contributed by atoms with van der Waals surface area (Å²) in [5, 5.41) is 3.75. The maximum absolute atomic E-state index is 11.0. The van der Waals surface area contributed by atoms with Crippen molar-refractivity contribution in [2.75, 3.05) is 0 Å². The summed E-state index contributed by atoms with van der Waals surface area (Å²) in [5.74, 6) is 0.664. The van der Waals surface area contributed by atoms with E-state index in [1.165, 1.54) is 5.56 Å². The second-order valence-electron chi connectivity index (χ2n) is 4.48. The number of rotatable bonds is 7. The molecule has 2 rings (SSSR count). The van der Waals surface area contributed by atoms with Crippen molar-refractivity contribution in [2.24, 2.45) is 0 Å². The van der Waals surface area contributed by atoms with Crippen LogP contribution in [0.4, 0.5) is 0 Å². The van der Waals surface area contributed by atoms with E-state index in [9.17, 15) is 4.79 Å². The molecule has 0 saturated carbocycles. The average molecular weight is 321 g/mol. The Balaban J connectivity index is 1.97. The highest BCUT2D eigenvalue weighted by molar-refractivity contribution is 8.10. The Morgan fingerprint density at radius 2 is 2.10 bits per heavy atom. The SMILES string of the molecule is O=Cc1noc(CCCc2ccccc2)c1COC(=S)S. The predicted octanol–water partition coefficient (Wildman–Crippen LogP) is 3.39. The van der Waals surface area contributed by atoms with E-state index >= 15 is 0 Å². The van der Waals surface area contributed by atoms with Crippen LogP contribution in [0, 0.1) is 0 Å². The largest absolute Gasteiger partial charge is 0.474 e. The van der Waals surface area contributed by atoms with Crippen LogP contribution in [0.5, 0.6) is 0 Å². The van der Waals surface area contributed by atoms with E-state index in [-0.39, 0.29) is 16.7 Å². The second-order valence-corrected chi connectivity index (χ2v) is 5.56. The minimum absolute atomic E-state index is 0.128. The summed E-state index contributed by atoms with van der Waals surface area (Å²) in [6.07, 6.45) is 3.18. The van der Waals surface area contributed by atoms with Crippen LogP contribution < -0.4 is 0 Å². The predicted molar refractivity (Wildman–Crippen MR) is 86.7 cm³/mol. The molecular weight excluding hydrogens is 306 g/mol. The van der Waals surface area contributed by atoms with Crippen LogP contribution >= 0.6 is 24.8 Å². The van der Waals surface area contributed by atoms with Crippen molar-refractivity contribution in [1.29, 1.82) is 0 Å². The van der Waals surface area contributed by atoms with Crippen molar-refractivity contribution in [3.05, 3.63) is 52.9 Å². The van der Waals surface area contributed by atoms with E-state index in [2.05, 4.69) is 29.9 Å². The summed E-state index contributed by atoms with van der Waals surface area (Å²) in [4.78, 5) is 11.0. The van der Waals surface area contributed by atoms with Crippen molar-refractivity contribution < 1.29 is 14.1 Å². The topological polar surface area (TPSA) is 52.3 Å². The number of carbonyl (C=O) groups excluding carboxylic acids is 1. The second kappa shape index (κ2) is 7.95. The van der Waals surface area contributed by atoms with Gasteiger partial charge in [-0.05, 0) is 30.6 Å². The van der Waals surface area contributed by atoms with Crippen LogP contribution in [0.3, 0.4) is 0 Å². The van der Waals surface area contributed by atoms with Gasteiger partial charge in [0.25, 0.3) is 0 Å². The zero-order valence-corrected chi connectivity index (χ0v) is 13.0. The molecule has 0 atom stereocenters. The third kappa shape index (κ3) is 4.68. The summed E-state index contributed by atoms with van der Waals surface area (Å²) in [7, 11) is 0. The molecule has 0 saturated heterocycles. The molecule has 0 N–H and O–H groups in total. The van der Waals surface area contributed by atoms with E-state index < -0.39 is 0 Å². The van der Waals surface area contributed by atoms with Crippen molar-refractivity contribution in [2.45, 2.75) is 25.9 Å². The molecule has 1 heterocycles. The summed E-state index contributed by atoms with van der Waals surface area (Å²) in [6, 6.07) is 10.2. The molecule has 21 heavy (non-hydrogen) atoms. The number of carbonyl (C=O) groups is 1. The first-order valence-corrected chi connectivity index (χ1v) is 7.38. The summed E-state index contributed by atoms with van der Waals surface area (Å²) < 4.78 is 10.5. The van der Waals surface area contributed by atoms with Gasteiger partial charge in [-0.2, -0.15) is 0 Å². The molecule has 0 aliphatic rings. The fourth-order valence-electron chi connectivity index (χ4n) is 2.03. The molecule has 0 unspecified atom stereocenters. The number of thiol groups is 1. The average Bonchev–Trinajstić information content (AvgIpc) is 2.88. The molecule has 0 bridgehead atoms. The van der Waals surface area contributed by atoms with Gasteiger partial charge in [0.1, 0.15) is 12.4 Å². The van der Waals surface area contributed by atoms with Gasteiger partial charge in [-0.25, -0.2) is 0 Å². The van der Waals surface area contributed by atoms with Gasteiger partial charge >= 0.3 is 0 Å². The third-order valence-electron chi connectivity index (χ3n) is 3.06. The summed E-state index contributed by atoms with van der Waals surface area (Å²) in [6.45, 7) is 0.153. The Labute approximate surface area is 133 Å². The number of aryl methyl sites for hydroxylation is 2. The zero-order chi connectivity index (χ0) is 15.1. The van der Waals surface area contributed by atoms with Crippen LogP contribution in [-0.2, 0) is 24.2 Å². The Kier molecular flexibility index (Phi) is 5.95. The molecular formula is C15H15NO3S2. The maximum Gasteiger partial charge on any atom is 0.217 e. The molecule has 0 aliphatic carbocycles. The number of aromatic nitrogens is 1. The van der Waals surface area contributed by atoms with Crippen molar-refractivity contribution in [3.63, 3.8) is 0 Å². The quantitative estimate of drug-likeness (QED) is 0.481. The monoisotopic (exact) mass is 321 g/mol. The Hall–Kier alpha value is -1.66. The van der Waals surface area contributed by atoms with Crippen molar-refractivity contribution in [1.82, 2.24) is 5.16 Å². The first kappa shape index (κ1) is 15.7. The molecule has 0 spiro atoms. The summed E-state index contributed by atoms with van der Waals surface area (Å²) >= 11 is 8.64. The van der Waals surface area contributed by atoms with E-state index in [1.807, 2.05) is 18.2 Å². The molecule has 6 heteroatoms. The number of benzene rings is 1. The number of thiocarbonyl (C=S) groups is 1. The first-order chi connectivity index (χ1) is 10.2. The number of hydrogen-bond acceptors (Lipinski definition) is 5. The third-order valence-corrected chi connectivity index (χ3v) is 3.31. The molecule has 110 valence electrons. The van der Waals surface area contributed by atoms with Crippen LogP contribution in [0.15, 0.2) is 34.9 Å². The van der Waals surface area contributed by atoms with Crippen LogP contribution in [0.2, 0.25) is 0 Å². The van der Waals surface area contributed by atoms with Crippen molar-refractivity contribution >= 4 is 35.5 Å². The van der Waals surface area contributed by atoms with Gasteiger partial charge in [-0.15, -0.1) is 0 Å². The molecule has 1 aromatic carbocycles. The van der Waals surface area contributed by atoms with Gasteiger partial charge in [0.05, 0.1) is 5.56 Å². The molecule has 0 radical (unpaired) electrons. The highest BCUT2D eigenvalue weighted by Gasteiger charge is 2.16. The van der Waals surface area contributed by atoms with E-state index in [0.717, 1.165) is 12.8 Å². The molecule has 0 amide bonds. The maximum atomic E-state index is 11.0. The van der Waals surface area contributed by atoms with Gasteiger partial charge in [0.15, 0.2) is 12.0 Å². The molecule has 4 nitrogen and oxygen atoms in total. The number of aldehydes is 1. The lowest BCUT2D eigenvalue weighted by atomic mass is 10.1. The van der Waals surface area contributed by atoms with Gasteiger partial charge in [0.2, 0.25) is 4.38 Å². The first-order valence-electron chi connectivity index (χ1n) is 6.53. The van der Waals surface area contributed by atoms with Gasteiger partial charge in [-0.3, -0.25) is 4.79 Å². The Bertz CT molecular complexity index is 611. The van der Waals surface area contributed by atoms with Gasteiger partial charge in [0, 0.05) is 6.42 Å². The van der Waals surface area contributed by atoms with Gasteiger partial charge < -0.3 is 9.26 Å². The Morgan fingerprint density at radius 3 is 2.76 bits per heavy atom. The van der Waals surface area contributed by atoms with E-state index in [0.29, 0.717) is 24.0 Å². The highest BCUT2D eigenvalue weighted by Crippen LogP contribution is 2.18. The van der Waals surface area contributed by atoms with Crippen LogP contribution in [0.1, 0.15) is 33.8 Å². The minimum Gasteiger partial charge on any atom is -0.474 e. The molecule has 0 aliphatic heterocycles. The van der Waals surface area contributed by atoms with Gasteiger partial charge in [-0.1, -0.05) is 48.1 Å². The highest BCUT2D eigenvalue weighted by atomic mass is 32.1. The van der Waals surface area contributed by atoms with Crippen LogP contribution in [0.25, 0.3) is 0 Å². The normalized spacial score (nSPS) is 10.3. The molecule has 2 aromatic rings. The minimum atomic E-state index is 0.128. The smallest absolute Gasteiger partial charge is 0.217 e. The van der Waals surface area contributed by atoms with Crippen LogP contribution in [-0.4, -0.2) is 15.8 Å². The fourth-order valence-corrected chi connectivity index (χ4v) is 2.16. The lowest BCUT2D eigenvalue weighted by Gasteiger charge is -2.04. The Morgan fingerprint density at radius 1 is 1.33 bits per heavy atom. The fraction of sp³-hybridized carbons (Fsp3) is 0.267. The van der Waals surface area contributed by atoms with E-state index in [1.54, 1.807) is 0 Å². The lowest BCUT2D eigenvalue weighted by Crippen LogP contribution is -2.00. The number of ether oxygens (including phenoxy) is 1. The zero-order valence-electron chi connectivity index (χ0n) is 11.3. The number of nitrogens with zero attached hydrogens (tertiary/aromatic N) is 1. The lowest BCUT2D eigenvalue weighted by molar-refractivity contribution is 0.111. The van der Waals surface area contributed by atoms with E-state index in [4.69, 9.17) is 21.5 Å². The summed E-state index contributed by atoms with van der Waals surface area (Å²) in [5.41, 5.74) is 2.17. The molecule has 1 aromatic heterocycles. The number of hydrogen-bond donors (Lipinski definition) is 1. The molecule has 0 fully saturated rings. The standard InChI is InChI=1S/C15H15NO3S2/c17-9-13-12(10-18-15(20)21)14(19-16-13)8-4-7-11-5-2-1-3-6-11/h1-3,5-6,9H,4,7-8,10H2,(H,20,21).